The van der Waals surface area contributed by atoms with Crippen molar-refractivity contribution in [2.24, 2.45) is 14.1 Å². The first-order valence-electron chi connectivity index (χ1n) is 5.86. The van der Waals surface area contributed by atoms with Gasteiger partial charge in [-0.1, -0.05) is 0 Å². The van der Waals surface area contributed by atoms with Gasteiger partial charge in [0.2, 0.25) is 0 Å². The summed E-state index contributed by atoms with van der Waals surface area (Å²) in [4.78, 5) is 4.17. The molecule has 0 saturated heterocycles. The summed E-state index contributed by atoms with van der Waals surface area (Å²) in [6.07, 6.45) is 4.59. The Balaban J connectivity index is 2.29. The SMILES string of the molecule is CNC(Cc1c(Br)c(C)nn1C)c1cncn1C. The van der Waals surface area contributed by atoms with Gasteiger partial charge < -0.3 is 9.88 Å². The van der Waals surface area contributed by atoms with Gasteiger partial charge in [0.15, 0.2) is 0 Å². The van der Waals surface area contributed by atoms with Crippen molar-refractivity contribution in [2.45, 2.75) is 19.4 Å². The number of aryl methyl sites for hydroxylation is 3. The Morgan fingerprint density at radius 1 is 1.44 bits per heavy atom. The smallest absolute Gasteiger partial charge is 0.0946 e. The first-order chi connectivity index (χ1) is 8.54. The predicted molar refractivity (Wildman–Crippen MR) is 74.4 cm³/mol. The number of nitrogens with zero attached hydrogens (tertiary/aromatic N) is 4. The molecule has 6 heteroatoms. The van der Waals surface area contributed by atoms with Gasteiger partial charge in [-0.2, -0.15) is 5.10 Å². The van der Waals surface area contributed by atoms with E-state index in [1.165, 1.54) is 11.4 Å². The fourth-order valence-corrected chi connectivity index (χ4v) is 2.65. The van der Waals surface area contributed by atoms with E-state index in [2.05, 4.69) is 31.3 Å². The molecular weight excluding hydrogens is 294 g/mol. The molecule has 2 rings (SSSR count). The van der Waals surface area contributed by atoms with Gasteiger partial charge in [-0.25, -0.2) is 4.98 Å². The van der Waals surface area contributed by atoms with Crippen molar-refractivity contribution in [1.82, 2.24) is 24.6 Å². The van der Waals surface area contributed by atoms with Crippen LogP contribution in [0.4, 0.5) is 0 Å². The van der Waals surface area contributed by atoms with Crippen LogP contribution in [0.2, 0.25) is 0 Å². The maximum Gasteiger partial charge on any atom is 0.0946 e. The number of halogens is 1. The van der Waals surface area contributed by atoms with Crippen molar-refractivity contribution in [2.75, 3.05) is 7.05 Å². The van der Waals surface area contributed by atoms with Gasteiger partial charge in [0.1, 0.15) is 0 Å². The average molecular weight is 312 g/mol. The van der Waals surface area contributed by atoms with Gasteiger partial charge in [-0.15, -0.1) is 0 Å². The molecule has 98 valence electrons. The van der Waals surface area contributed by atoms with Crippen molar-refractivity contribution >= 4 is 15.9 Å². The highest BCUT2D eigenvalue weighted by Gasteiger charge is 2.18. The number of imidazole rings is 1. The molecule has 0 spiro atoms. The maximum absolute atomic E-state index is 4.42. The molecule has 0 fully saturated rings. The first kappa shape index (κ1) is 13.3. The van der Waals surface area contributed by atoms with E-state index in [0.29, 0.717) is 0 Å². The van der Waals surface area contributed by atoms with Crippen LogP contribution in [0.25, 0.3) is 0 Å². The Hall–Kier alpha value is -1.14. The zero-order valence-electron chi connectivity index (χ0n) is 11.1. The molecule has 0 bridgehead atoms. The highest BCUT2D eigenvalue weighted by Crippen LogP contribution is 2.25. The molecule has 0 aromatic carbocycles. The minimum atomic E-state index is 0.226. The van der Waals surface area contributed by atoms with Gasteiger partial charge in [0.05, 0.1) is 33.9 Å². The van der Waals surface area contributed by atoms with Gasteiger partial charge >= 0.3 is 0 Å². The molecule has 1 atom stereocenters. The minimum Gasteiger partial charge on any atom is -0.336 e. The van der Waals surface area contributed by atoms with Crippen molar-refractivity contribution < 1.29 is 0 Å². The van der Waals surface area contributed by atoms with Crippen LogP contribution in [0.15, 0.2) is 17.0 Å². The quantitative estimate of drug-likeness (QED) is 0.935. The van der Waals surface area contributed by atoms with Crippen molar-refractivity contribution in [3.63, 3.8) is 0 Å². The van der Waals surface area contributed by atoms with Crippen LogP contribution in [0, 0.1) is 6.92 Å². The molecule has 2 aromatic heterocycles. The van der Waals surface area contributed by atoms with Gasteiger partial charge in [-0.05, 0) is 29.9 Å². The summed E-state index contributed by atoms with van der Waals surface area (Å²) in [5.41, 5.74) is 3.38. The Morgan fingerprint density at radius 3 is 2.61 bits per heavy atom. The lowest BCUT2D eigenvalue weighted by Gasteiger charge is -2.17. The summed E-state index contributed by atoms with van der Waals surface area (Å²) >= 11 is 3.61. The largest absolute Gasteiger partial charge is 0.336 e. The highest BCUT2D eigenvalue weighted by molar-refractivity contribution is 9.10. The number of aromatic nitrogens is 4. The second-order valence-electron chi connectivity index (χ2n) is 4.44. The molecule has 2 heterocycles. The number of rotatable bonds is 4. The van der Waals surface area contributed by atoms with E-state index in [9.17, 15) is 0 Å². The summed E-state index contributed by atoms with van der Waals surface area (Å²) < 4.78 is 5.06. The number of nitrogens with one attached hydrogen (secondary N) is 1. The molecule has 0 saturated carbocycles. The highest BCUT2D eigenvalue weighted by atomic mass is 79.9. The Morgan fingerprint density at radius 2 is 2.17 bits per heavy atom. The molecule has 0 radical (unpaired) electrons. The lowest BCUT2D eigenvalue weighted by Crippen LogP contribution is -2.22. The molecule has 2 aromatic rings. The lowest BCUT2D eigenvalue weighted by molar-refractivity contribution is 0.532. The molecule has 0 aliphatic carbocycles. The minimum absolute atomic E-state index is 0.226. The van der Waals surface area contributed by atoms with Gasteiger partial charge in [-0.3, -0.25) is 4.68 Å². The Kier molecular flexibility index (Phi) is 3.87. The van der Waals surface area contributed by atoms with E-state index < -0.39 is 0 Å². The van der Waals surface area contributed by atoms with Crippen LogP contribution >= 0.6 is 15.9 Å². The molecule has 0 aliphatic heterocycles. The molecule has 0 amide bonds. The summed E-state index contributed by atoms with van der Waals surface area (Å²) in [6.45, 7) is 2.01. The standard InChI is InChI=1S/C12H18BrN5/c1-8-12(13)10(18(4)16-8)5-9(14-2)11-6-15-7-17(11)3/h6-7,9,14H,5H2,1-4H3. The fraction of sp³-hybridized carbons (Fsp3) is 0.500. The topological polar surface area (TPSA) is 47.7 Å². The first-order valence-corrected chi connectivity index (χ1v) is 6.65. The third-order valence-electron chi connectivity index (χ3n) is 3.22. The number of likely N-dealkylation sites (N-methyl/N-ethyl adjacent to an activating group) is 1. The monoisotopic (exact) mass is 311 g/mol. The van der Waals surface area contributed by atoms with E-state index in [-0.39, 0.29) is 6.04 Å². The Labute approximate surface area is 115 Å². The van der Waals surface area contributed by atoms with E-state index in [1.807, 2.05) is 49.8 Å². The summed E-state index contributed by atoms with van der Waals surface area (Å²) in [5.74, 6) is 0. The lowest BCUT2D eigenvalue weighted by atomic mass is 10.1. The van der Waals surface area contributed by atoms with Gasteiger partial charge in [0, 0.05) is 26.7 Å². The van der Waals surface area contributed by atoms with E-state index in [0.717, 1.165) is 16.6 Å². The second kappa shape index (κ2) is 5.24. The van der Waals surface area contributed by atoms with Crippen molar-refractivity contribution in [1.29, 1.82) is 0 Å². The van der Waals surface area contributed by atoms with Crippen LogP contribution in [0.3, 0.4) is 0 Å². The van der Waals surface area contributed by atoms with Crippen LogP contribution in [-0.4, -0.2) is 26.4 Å². The fourth-order valence-electron chi connectivity index (χ4n) is 2.15. The van der Waals surface area contributed by atoms with E-state index >= 15 is 0 Å². The molecule has 1 N–H and O–H groups in total. The molecule has 5 nitrogen and oxygen atoms in total. The molecule has 1 unspecified atom stereocenters. The maximum atomic E-state index is 4.42. The Bertz CT molecular complexity index is 543. The third-order valence-corrected chi connectivity index (χ3v) is 4.25. The molecule has 18 heavy (non-hydrogen) atoms. The average Bonchev–Trinajstić information content (AvgIpc) is 2.84. The summed E-state index contributed by atoms with van der Waals surface area (Å²) in [5, 5.41) is 7.76. The molecular formula is C12H18BrN5. The van der Waals surface area contributed by atoms with E-state index in [4.69, 9.17) is 0 Å². The van der Waals surface area contributed by atoms with Crippen LogP contribution < -0.4 is 5.32 Å². The van der Waals surface area contributed by atoms with E-state index in [1.54, 1.807) is 0 Å². The van der Waals surface area contributed by atoms with Crippen LogP contribution in [0.1, 0.15) is 23.1 Å². The van der Waals surface area contributed by atoms with Crippen LogP contribution in [0.5, 0.6) is 0 Å². The van der Waals surface area contributed by atoms with Crippen LogP contribution in [-0.2, 0) is 20.5 Å². The summed E-state index contributed by atoms with van der Waals surface area (Å²) in [7, 11) is 5.95. The van der Waals surface area contributed by atoms with Crippen molar-refractivity contribution in [3.8, 4) is 0 Å². The van der Waals surface area contributed by atoms with Gasteiger partial charge in [0.25, 0.3) is 0 Å². The number of hydrogen-bond donors (Lipinski definition) is 1. The zero-order valence-corrected chi connectivity index (χ0v) is 12.7. The summed E-state index contributed by atoms with van der Waals surface area (Å²) in [6, 6.07) is 0.226. The number of hydrogen-bond acceptors (Lipinski definition) is 3. The zero-order chi connectivity index (χ0) is 13.3. The van der Waals surface area contributed by atoms with Crippen molar-refractivity contribution in [3.05, 3.63) is 34.1 Å². The predicted octanol–water partition coefficient (Wildman–Crippen LogP) is 1.73. The molecule has 0 aliphatic rings. The second-order valence-corrected chi connectivity index (χ2v) is 5.24. The normalized spacial score (nSPS) is 12.9. The third kappa shape index (κ3) is 2.35.